The molecule has 0 fully saturated rings. The maximum Gasteiger partial charge on any atom is 0.192 e. The number of nitrogen functional groups attached to an aromatic ring is 1. The minimum Gasteiger partial charge on any atom is -0.383 e. The maximum absolute atomic E-state index is 6.15. The fourth-order valence-corrected chi connectivity index (χ4v) is 4.38. The van der Waals surface area contributed by atoms with Crippen molar-refractivity contribution in [1.29, 1.82) is 0 Å². The lowest BCUT2D eigenvalue weighted by Gasteiger charge is -2.11. The number of halogens is 1. The van der Waals surface area contributed by atoms with Gasteiger partial charge in [-0.2, -0.15) is 0 Å². The standard InChI is InChI=1S/C24H19ClN6S/c25-18-12-10-17(11-13-18)23-29-30-24(31(23)14-16-6-2-1-3-7-16)32-15-21-27-20-9-5-4-8-19(20)22(26)28-21/h1-13H,14-15H2,(H2,26,27,28). The molecule has 5 rings (SSSR count). The molecule has 0 aliphatic carbocycles. The number of hydrogen-bond donors (Lipinski definition) is 1. The zero-order valence-corrected chi connectivity index (χ0v) is 18.6. The Hall–Kier alpha value is -3.42. The number of para-hydroxylation sites is 1. The van der Waals surface area contributed by atoms with Gasteiger partial charge in [-0.3, -0.25) is 4.57 Å². The Kier molecular flexibility index (Phi) is 5.75. The number of nitrogens with zero attached hydrogens (tertiary/aromatic N) is 5. The van der Waals surface area contributed by atoms with E-state index in [0.717, 1.165) is 33.0 Å². The Bertz CT molecular complexity index is 1370. The average molecular weight is 459 g/mol. The Balaban J connectivity index is 1.47. The van der Waals surface area contributed by atoms with Gasteiger partial charge >= 0.3 is 0 Å². The molecule has 8 heteroatoms. The van der Waals surface area contributed by atoms with Gasteiger partial charge in [0, 0.05) is 16.0 Å². The molecule has 0 amide bonds. The van der Waals surface area contributed by atoms with E-state index in [4.69, 9.17) is 17.3 Å². The summed E-state index contributed by atoms with van der Waals surface area (Å²) >= 11 is 7.61. The predicted octanol–water partition coefficient (Wildman–Crippen LogP) is 5.46. The molecule has 0 aliphatic rings. The summed E-state index contributed by atoms with van der Waals surface area (Å²) in [6.45, 7) is 0.648. The lowest BCUT2D eigenvalue weighted by atomic mass is 10.2. The van der Waals surface area contributed by atoms with Gasteiger partial charge in [0.15, 0.2) is 11.0 Å². The van der Waals surface area contributed by atoms with Crippen molar-refractivity contribution in [3.05, 3.63) is 95.3 Å². The quantitative estimate of drug-likeness (QED) is 0.340. The molecule has 2 aromatic heterocycles. The van der Waals surface area contributed by atoms with E-state index in [-0.39, 0.29) is 0 Å². The molecule has 0 aliphatic heterocycles. The highest BCUT2D eigenvalue weighted by Crippen LogP contribution is 2.28. The highest BCUT2D eigenvalue weighted by Gasteiger charge is 2.16. The molecular weight excluding hydrogens is 440 g/mol. The average Bonchev–Trinajstić information content (AvgIpc) is 3.21. The zero-order chi connectivity index (χ0) is 21.9. The van der Waals surface area contributed by atoms with Crippen LogP contribution in [0.5, 0.6) is 0 Å². The number of aromatic nitrogens is 5. The molecule has 0 unspecified atom stereocenters. The van der Waals surface area contributed by atoms with Gasteiger partial charge in [-0.1, -0.05) is 65.8 Å². The summed E-state index contributed by atoms with van der Waals surface area (Å²) in [4.78, 5) is 9.13. The molecule has 0 spiro atoms. The number of hydrogen-bond acceptors (Lipinski definition) is 6. The van der Waals surface area contributed by atoms with E-state index in [0.29, 0.717) is 29.0 Å². The van der Waals surface area contributed by atoms with Crippen LogP contribution in [0.4, 0.5) is 5.82 Å². The van der Waals surface area contributed by atoms with Crippen molar-refractivity contribution in [2.45, 2.75) is 17.5 Å². The Morgan fingerprint density at radius 1 is 0.844 bits per heavy atom. The van der Waals surface area contributed by atoms with E-state index in [1.165, 1.54) is 11.8 Å². The second-order valence-corrected chi connectivity index (χ2v) is 8.59. The molecule has 2 heterocycles. The summed E-state index contributed by atoms with van der Waals surface area (Å²) in [5.74, 6) is 2.46. The van der Waals surface area contributed by atoms with Gasteiger partial charge in [-0.05, 0) is 42.0 Å². The van der Waals surface area contributed by atoms with Crippen LogP contribution in [-0.2, 0) is 12.3 Å². The van der Waals surface area contributed by atoms with Crippen molar-refractivity contribution >= 4 is 40.1 Å². The molecule has 2 N–H and O–H groups in total. The molecule has 158 valence electrons. The highest BCUT2D eigenvalue weighted by molar-refractivity contribution is 7.98. The van der Waals surface area contributed by atoms with E-state index in [1.807, 2.05) is 66.7 Å². The SMILES string of the molecule is Nc1nc(CSc2nnc(-c3ccc(Cl)cc3)n2Cc2ccccc2)nc2ccccc12. The third-order valence-corrected chi connectivity index (χ3v) is 6.23. The number of fused-ring (bicyclic) bond motifs is 1. The van der Waals surface area contributed by atoms with Gasteiger partial charge in [0.2, 0.25) is 0 Å². The number of anilines is 1. The van der Waals surface area contributed by atoms with Crippen LogP contribution in [-0.4, -0.2) is 24.7 Å². The lowest BCUT2D eigenvalue weighted by Crippen LogP contribution is -2.05. The van der Waals surface area contributed by atoms with Crippen molar-refractivity contribution in [2.24, 2.45) is 0 Å². The van der Waals surface area contributed by atoms with Gasteiger partial charge in [-0.15, -0.1) is 10.2 Å². The predicted molar refractivity (Wildman–Crippen MR) is 130 cm³/mol. The highest BCUT2D eigenvalue weighted by atomic mass is 35.5. The van der Waals surface area contributed by atoms with Gasteiger partial charge < -0.3 is 5.73 Å². The van der Waals surface area contributed by atoms with Crippen molar-refractivity contribution in [2.75, 3.05) is 5.73 Å². The van der Waals surface area contributed by atoms with E-state index >= 15 is 0 Å². The zero-order valence-electron chi connectivity index (χ0n) is 17.0. The number of benzene rings is 3. The van der Waals surface area contributed by atoms with Gasteiger partial charge in [0.25, 0.3) is 0 Å². The second kappa shape index (κ2) is 8.98. The first-order chi connectivity index (χ1) is 15.7. The van der Waals surface area contributed by atoms with Crippen LogP contribution < -0.4 is 5.73 Å². The first-order valence-electron chi connectivity index (χ1n) is 10.0. The fourth-order valence-electron chi connectivity index (χ4n) is 3.46. The summed E-state index contributed by atoms with van der Waals surface area (Å²) < 4.78 is 2.10. The van der Waals surface area contributed by atoms with E-state index in [1.54, 1.807) is 0 Å². The van der Waals surface area contributed by atoms with E-state index in [2.05, 4.69) is 36.9 Å². The summed E-state index contributed by atoms with van der Waals surface area (Å²) in [7, 11) is 0. The molecule has 0 saturated heterocycles. The Labute approximate surface area is 194 Å². The van der Waals surface area contributed by atoms with Crippen molar-refractivity contribution in [3.63, 3.8) is 0 Å². The third-order valence-electron chi connectivity index (χ3n) is 5.01. The van der Waals surface area contributed by atoms with Crippen LogP contribution in [0.3, 0.4) is 0 Å². The minimum atomic E-state index is 0.485. The second-order valence-electron chi connectivity index (χ2n) is 7.22. The van der Waals surface area contributed by atoms with Crippen molar-refractivity contribution in [1.82, 2.24) is 24.7 Å². The fraction of sp³-hybridized carbons (Fsp3) is 0.0833. The van der Waals surface area contributed by atoms with Crippen LogP contribution in [0, 0.1) is 0 Å². The van der Waals surface area contributed by atoms with Crippen LogP contribution in [0.2, 0.25) is 5.02 Å². The summed E-state index contributed by atoms with van der Waals surface area (Å²) in [6, 6.07) is 25.6. The summed E-state index contributed by atoms with van der Waals surface area (Å²) in [6.07, 6.45) is 0. The largest absolute Gasteiger partial charge is 0.383 e. The first kappa shape index (κ1) is 20.5. The van der Waals surface area contributed by atoms with E-state index < -0.39 is 0 Å². The number of nitrogens with two attached hydrogens (primary N) is 1. The van der Waals surface area contributed by atoms with Crippen molar-refractivity contribution < 1.29 is 0 Å². The van der Waals surface area contributed by atoms with Crippen LogP contribution in [0.15, 0.2) is 84.0 Å². The topological polar surface area (TPSA) is 82.5 Å². The number of thioether (sulfide) groups is 1. The lowest BCUT2D eigenvalue weighted by molar-refractivity contribution is 0.714. The molecule has 6 nitrogen and oxygen atoms in total. The molecule has 3 aromatic carbocycles. The van der Waals surface area contributed by atoms with Crippen molar-refractivity contribution in [3.8, 4) is 11.4 Å². The monoisotopic (exact) mass is 458 g/mol. The first-order valence-corrected chi connectivity index (χ1v) is 11.4. The van der Waals surface area contributed by atoms with Crippen LogP contribution in [0.1, 0.15) is 11.4 Å². The maximum atomic E-state index is 6.15. The van der Waals surface area contributed by atoms with E-state index in [9.17, 15) is 0 Å². The molecular formula is C24H19ClN6S. The smallest absolute Gasteiger partial charge is 0.192 e. The minimum absolute atomic E-state index is 0.485. The molecule has 0 radical (unpaired) electrons. The molecule has 0 saturated carbocycles. The molecule has 0 atom stereocenters. The summed E-state index contributed by atoms with van der Waals surface area (Å²) in [5.41, 5.74) is 9.10. The van der Waals surface area contributed by atoms with Crippen LogP contribution in [0.25, 0.3) is 22.3 Å². The summed E-state index contributed by atoms with van der Waals surface area (Å²) in [5, 5.41) is 11.3. The van der Waals surface area contributed by atoms with Gasteiger partial charge in [0.1, 0.15) is 11.6 Å². The Morgan fingerprint density at radius 3 is 2.41 bits per heavy atom. The number of rotatable bonds is 6. The molecule has 5 aromatic rings. The Morgan fingerprint density at radius 2 is 1.59 bits per heavy atom. The molecule has 32 heavy (non-hydrogen) atoms. The van der Waals surface area contributed by atoms with Crippen LogP contribution >= 0.6 is 23.4 Å². The third kappa shape index (κ3) is 4.30. The normalized spacial score (nSPS) is 11.2. The van der Waals surface area contributed by atoms with Gasteiger partial charge in [0.05, 0.1) is 17.8 Å². The molecule has 0 bridgehead atoms. The van der Waals surface area contributed by atoms with Gasteiger partial charge in [-0.25, -0.2) is 9.97 Å².